The Labute approximate surface area is 160 Å². The maximum Gasteiger partial charge on any atom is 0.319 e. The molecule has 28 heavy (non-hydrogen) atoms. The van der Waals surface area contributed by atoms with Gasteiger partial charge in [0, 0.05) is 22.2 Å². The second-order valence-electron chi connectivity index (χ2n) is 7.09. The summed E-state index contributed by atoms with van der Waals surface area (Å²) < 4.78 is 19.5. The van der Waals surface area contributed by atoms with Crippen molar-refractivity contribution in [1.29, 1.82) is 0 Å². The van der Waals surface area contributed by atoms with E-state index in [9.17, 15) is 14.0 Å². The van der Waals surface area contributed by atoms with Crippen molar-refractivity contribution in [3.8, 4) is 0 Å². The number of hydrogen-bond acceptors (Lipinski definition) is 3. The van der Waals surface area contributed by atoms with Crippen molar-refractivity contribution in [2.24, 2.45) is 11.7 Å². The highest BCUT2D eigenvalue weighted by Crippen LogP contribution is 2.44. The van der Waals surface area contributed by atoms with E-state index in [0.29, 0.717) is 28.0 Å². The van der Waals surface area contributed by atoms with Crippen molar-refractivity contribution >= 4 is 28.6 Å². The first-order valence-electron chi connectivity index (χ1n) is 9.08. The average molecular weight is 381 g/mol. The predicted molar refractivity (Wildman–Crippen MR) is 103 cm³/mol. The summed E-state index contributed by atoms with van der Waals surface area (Å²) in [7, 11) is 0. The molecule has 1 aliphatic rings. The standard InChI is InChI=1S/C21H20FN3O3/c1-11-16-10-14(22)7-8-17(16)28-19(11)18(12-5-6-12)25-21(27)24-15-4-2-3-13(9-15)20(23)26/h2-4,7-10,12,18H,5-6H2,1H3,(H2,23,26)(H2,24,25,27). The van der Waals surface area contributed by atoms with Crippen LogP contribution in [0.25, 0.3) is 11.0 Å². The number of benzene rings is 2. The first kappa shape index (κ1) is 18.0. The Balaban J connectivity index is 1.56. The second kappa shape index (κ2) is 6.99. The fourth-order valence-electron chi connectivity index (χ4n) is 3.39. The highest BCUT2D eigenvalue weighted by molar-refractivity contribution is 5.96. The summed E-state index contributed by atoms with van der Waals surface area (Å²) in [4.78, 5) is 23.9. The van der Waals surface area contributed by atoms with Crippen LogP contribution in [0, 0.1) is 18.7 Å². The van der Waals surface area contributed by atoms with E-state index in [-0.39, 0.29) is 17.8 Å². The Bertz CT molecular complexity index is 1070. The van der Waals surface area contributed by atoms with Gasteiger partial charge < -0.3 is 20.8 Å². The van der Waals surface area contributed by atoms with E-state index in [2.05, 4.69) is 10.6 Å². The van der Waals surface area contributed by atoms with E-state index < -0.39 is 11.9 Å². The molecule has 6 nitrogen and oxygen atoms in total. The van der Waals surface area contributed by atoms with E-state index in [1.807, 2.05) is 6.92 Å². The molecule has 2 aromatic carbocycles. The van der Waals surface area contributed by atoms with Gasteiger partial charge in [-0.15, -0.1) is 0 Å². The summed E-state index contributed by atoms with van der Waals surface area (Å²) in [6, 6.07) is 10.1. The van der Waals surface area contributed by atoms with Crippen LogP contribution < -0.4 is 16.4 Å². The largest absolute Gasteiger partial charge is 0.459 e. The number of carbonyl (C=O) groups excluding carboxylic acids is 2. The van der Waals surface area contributed by atoms with Gasteiger partial charge in [-0.3, -0.25) is 4.79 Å². The Morgan fingerprint density at radius 2 is 2.00 bits per heavy atom. The van der Waals surface area contributed by atoms with E-state index in [4.69, 9.17) is 10.2 Å². The third-order valence-electron chi connectivity index (χ3n) is 5.00. The number of furan rings is 1. The molecule has 4 N–H and O–H groups in total. The van der Waals surface area contributed by atoms with E-state index in [1.165, 1.54) is 18.2 Å². The fourth-order valence-corrected chi connectivity index (χ4v) is 3.39. The van der Waals surface area contributed by atoms with Gasteiger partial charge in [0.25, 0.3) is 0 Å². The number of carbonyl (C=O) groups is 2. The maximum absolute atomic E-state index is 13.6. The molecule has 144 valence electrons. The predicted octanol–water partition coefficient (Wildman–Crippen LogP) is 4.25. The number of halogens is 1. The number of amides is 3. The number of primary amides is 1. The Morgan fingerprint density at radius 1 is 1.21 bits per heavy atom. The van der Waals surface area contributed by atoms with E-state index in [0.717, 1.165) is 18.4 Å². The molecule has 3 aromatic rings. The molecule has 1 unspecified atom stereocenters. The van der Waals surface area contributed by atoms with Crippen LogP contribution in [0.5, 0.6) is 0 Å². The Morgan fingerprint density at radius 3 is 2.71 bits per heavy atom. The molecule has 0 spiro atoms. The third-order valence-corrected chi connectivity index (χ3v) is 5.00. The molecular formula is C21H20FN3O3. The summed E-state index contributed by atoms with van der Waals surface area (Å²) >= 11 is 0. The van der Waals surface area contributed by atoms with E-state index in [1.54, 1.807) is 24.3 Å². The number of nitrogens with two attached hydrogens (primary N) is 1. The molecule has 1 atom stereocenters. The Kier molecular flexibility index (Phi) is 4.50. The third kappa shape index (κ3) is 3.55. The molecular weight excluding hydrogens is 361 g/mol. The first-order chi connectivity index (χ1) is 13.4. The molecule has 1 saturated carbocycles. The van der Waals surface area contributed by atoms with Crippen molar-refractivity contribution in [1.82, 2.24) is 5.32 Å². The van der Waals surface area contributed by atoms with Crippen LogP contribution in [0.3, 0.4) is 0 Å². The zero-order valence-electron chi connectivity index (χ0n) is 15.3. The van der Waals surface area contributed by atoms with Crippen molar-refractivity contribution in [2.45, 2.75) is 25.8 Å². The van der Waals surface area contributed by atoms with Crippen LogP contribution in [-0.4, -0.2) is 11.9 Å². The summed E-state index contributed by atoms with van der Waals surface area (Å²) in [5, 5.41) is 6.38. The summed E-state index contributed by atoms with van der Waals surface area (Å²) in [5.41, 5.74) is 7.47. The number of anilines is 1. The van der Waals surface area contributed by atoms with Crippen LogP contribution >= 0.6 is 0 Å². The lowest BCUT2D eigenvalue weighted by Crippen LogP contribution is -2.33. The molecule has 3 amide bonds. The number of fused-ring (bicyclic) bond motifs is 1. The van der Waals surface area contributed by atoms with Crippen LogP contribution in [0.4, 0.5) is 14.9 Å². The van der Waals surface area contributed by atoms with Crippen LogP contribution in [0.15, 0.2) is 46.9 Å². The zero-order chi connectivity index (χ0) is 19.8. The fraction of sp³-hybridized carbons (Fsp3) is 0.238. The average Bonchev–Trinajstić information content (AvgIpc) is 3.45. The SMILES string of the molecule is Cc1c(C(NC(=O)Nc2cccc(C(N)=O)c2)C2CC2)oc2ccc(F)cc12. The molecule has 0 aliphatic heterocycles. The van der Waals surface area contributed by atoms with Crippen LogP contribution in [0.1, 0.15) is 40.6 Å². The minimum Gasteiger partial charge on any atom is -0.459 e. The molecule has 0 saturated heterocycles. The molecule has 0 radical (unpaired) electrons. The number of hydrogen-bond donors (Lipinski definition) is 3. The number of urea groups is 1. The van der Waals surface area contributed by atoms with Crippen molar-refractivity contribution < 1.29 is 18.4 Å². The number of nitrogens with one attached hydrogen (secondary N) is 2. The van der Waals surface area contributed by atoms with Crippen molar-refractivity contribution in [3.05, 3.63) is 65.2 Å². The topological polar surface area (TPSA) is 97.4 Å². The minimum absolute atomic E-state index is 0.270. The smallest absolute Gasteiger partial charge is 0.319 e. The normalized spacial score (nSPS) is 14.6. The highest BCUT2D eigenvalue weighted by Gasteiger charge is 2.37. The van der Waals surface area contributed by atoms with Gasteiger partial charge in [0.2, 0.25) is 5.91 Å². The van der Waals surface area contributed by atoms with Crippen LogP contribution in [-0.2, 0) is 0 Å². The lowest BCUT2D eigenvalue weighted by molar-refractivity contribution is 0.1000. The van der Waals surface area contributed by atoms with Gasteiger partial charge in [-0.2, -0.15) is 0 Å². The van der Waals surface area contributed by atoms with Gasteiger partial charge in [0.05, 0.1) is 6.04 Å². The van der Waals surface area contributed by atoms with Gasteiger partial charge in [0.15, 0.2) is 0 Å². The van der Waals surface area contributed by atoms with E-state index >= 15 is 0 Å². The van der Waals surface area contributed by atoms with Crippen molar-refractivity contribution in [3.63, 3.8) is 0 Å². The number of rotatable bonds is 5. The second-order valence-corrected chi connectivity index (χ2v) is 7.09. The molecule has 1 aromatic heterocycles. The monoisotopic (exact) mass is 381 g/mol. The lowest BCUT2D eigenvalue weighted by Gasteiger charge is -2.18. The van der Waals surface area contributed by atoms with Gasteiger partial charge in [0.1, 0.15) is 17.2 Å². The van der Waals surface area contributed by atoms with Gasteiger partial charge in [-0.1, -0.05) is 6.07 Å². The summed E-state index contributed by atoms with van der Waals surface area (Å²) in [5.74, 6) is 0.0203. The molecule has 1 fully saturated rings. The van der Waals surface area contributed by atoms with Gasteiger partial charge in [-0.05, 0) is 62.1 Å². The molecule has 1 heterocycles. The first-order valence-corrected chi connectivity index (χ1v) is 9.08. The quantitative estimate of drug-likeness (QED) is 0.616. The van der Waals surface area contributed by atoms with Crippen molar-refractivity contribution in [2.75, 3.05) is 5.32 Å². The van der Waals surface area contributed by atoms with Gasteiger partial charge >= 0.3 is 6.03 Å². The summed E-state index contributed by atoms with van der Waals surface area (Å²) in [6.07, 6.45) is 1.96. The van der Waals surface area contributed by atoms with Crippen LogP contribution in [0.2, 0.25) is 0 Å². The molecule has 1 aliphatic carbocycles. The Hall–Kier alpha value is -3.35. The minimum atomic E-state index is -0.565. The highest BCUT2D eigenvalue weighted by atomic mass is 19.1. The van der Waals surface area contributed by atoms with Gasteiger partial charge in [-0.25, -0.2) is 9.18 Å². The molecule has 7 heteroatoms. The lowest BCUT2D eigenvalue weighted by atomic mass is 10.0. The maximum atomic E-state index is 13.6. The zero-order valence-corrected chi connectivity index (χ0v) is 15.3. The molecule has 4 rings (SSSR count). The summed E-state index contributed by atoms with van der Waals surface area (Å²) in [6.45, 7) is 1.87. The molecule has 0 bridgehead atoms. The number of aryl methyl sites for hydroxylation is 1.